The van der Waals surface area contributed by atoms with Gasteiger partial charge in [-0.15, -0.1) is 0 Å². The third kappa shape index (κ3) is 1.30. The Bertz CT molecular complexity index is 118. The third-order valence-corrected chi connectivity index (χ3v) is 1.93. The number of ketones is 1. The second kappa shape index (κ2) is 2.48. The Kier molecular flexibility index (Phi) is 1.86. The number of carbonyl (C=O) groups excluding carboxylic acids is 1. The highest BCUT2D eigenvalue weighted by Crippen LogP contribution is 2.23. The first-order chi connectivity index (χ1) is 4.22. The average molecular weight is 128 g/mol. The van der Waals surface area contributed by atoms with E-state index in [1.165, 1.54) is 0 Å². The Labute approximate surface area is 54.9 Å². The van der Waals surface area contributed by atoms with Crippen LogP contribution < -0.4 is 0 Å². The van der Waals surface area contributed by atoms with Gasteiger partial charge in [-0.3, -0.25) is 4.79 Å². The fraction of sp³-hybridized carbons (Fsp3) is 0.857. The maximum Gasteiger partial charge on any atom is 0.138 e. The van der Waals surface area contributed by atoms with E-state index in [1.807, 2.05) is 0 Å². The van der Waals surface area contributed by atoms with Crippen LogP contribution in [-0.4, -0.2) is 17.0 Å². The van der Waals surface area contributed by atoms with E-state index in [-0.39, 0.29) is 11.7 Å². The number of rotatable bonds is 1. The summed E-state index contributed by atoms with van der Waals surface area (Å²) in [4.78, 5) is 10.9. The predicted molar refractivity (Wildman–Crippen MR) is 34.0 cm³/mol. The molecule has 9 heavy (non-hydrogen) atoms. The van der Waals surface area contributed by atoms with Crippen molar-refractivity contribution < 1.29 is 9.90 Å². The summed E-state index contributed by atoms with van der Waals surface area (Å²) in [5.41, 5.74) is 0. The van der Waals surface area contributed by atoms with Gasteiger partial charge in [-0.1, -0.05) is 0 Å². The van der Waals surface area contributed by atoms with Crippen LogP contribution in [0.2, 0.25) is 0 Å². The van der Waals surface area contributed by atoms with Gasteiger partial charge in [0.15, 0.2) is 0 Å². The van der Waals surface area contributed by atoms with E-state index in [0.29, 0.717) is 6.42 Å². The predicted octanol–water partition coefficient (Wildman–Crippen LogP) is 0.736. The lowest BCUT2D eigenvalue weighted by Crippen LogP contribution is -2.20. The van der Waals surface area contributed by atoms with Crippen LogP contribution in [-0.2, 0) is 4.79 Å². The summed E-state index contributed by atoms with van der Waals surface area (Å²) in [6, 6.07) is 0. The van der Waals surface area contributed by atoms with Crippen molar-refractivity contribution in [2.45, 2.75) is 32.3 Å². The van der Waals surface area contributed by atoms with E-state index < -0.39 is 6.10 Å². The monoisotopic (exact) mass is 128 g/mol. The van der Waals surface area contributed by atoms with Crippen LogP contribution in [0.1, 0.15) is 26.2 Å². The van der Waals surface area contributed by atoms with E-state index in [0.717, 1.165) is 12.8 Å². The molecule has 0 aliphatic heterocycles. The van der Waals surface area contributed by atoms with E-state index >= 15 is 0 Å². The topological polar surface area (TPSA) is 37.3 Å². The molecule has 0 saturated heterocycles. The summed E-state index contributed by atoms with van der Waals surface area (Å²) in [6.45, 7) is 1.69. The lowest BCUT2D eigenvalue weighted by Gasteiger charge is -2.09. The van der Waals surface area contributed by atoms with Crippen LogP contribution in [0.25, 0.3) is 0 Å². The van der Waals surface area contributed by atoms with Gasteiger partial charge in [0.1, 0.15) is 5.78 Å². The summed E-state index contributed by atoms with van der Waals surface area (Å²) in [6.07, 6.45) is 2.10. The van der Waals surface area contributed by atoms with Gasteiger partial charge in [0, 0.05) is 12.3 Å². The van der Waals surface area contributed by atoms with Gasteiger partial charge in [0.25, 0.3) is 0 Å². The molecule has 0 amide bonds. The molecule has 1 rings (SSSR count). The largest absolute Gasteiger partial charge is 0.393 e. The fourth-order valence-corrected chi connectivity index (χ4v) is 1.35. The molecular formula is C7H12O2. The number of Topliss-reactive ketones (excluding diaryl/α,β-unsaturated/α-hetero) is 1. The zero-order chi connectivity index (χ0) is 6.85. The highest BCUT2D eigenvalue weighted by atomic mass is 16.3. The molecule has 2 heteroatoms. The highest BCUT2D eigenvalue weighted by Gasteiger charge is 2.27. The number of carbonyl (C=O) groups is 1. The van der Waals surface area contributed by atoms with Gasteiger partial charge in [0.2, 0.25) is 0 Å². The Morgan fingerprint density at radius 2 is 2.44 bits per heavy atom. The number of hydrogen-bond acceptors (Lipinski definition) is 2. The molecule has 0 bridgehead atoms. The maximum absolute atomic E-state index is 10.9. The molecule has 1 aliphatic carbocycles. The molecule has 1 N–H and O–H groups in total. The van der Waals surface area contributed by atoms with Crippen LogP contribution in [0.3, 0.4) is 0 Å². The van der Waals surface area contributed by atoms with Crippen LogP contribution >= 0.6 is 0 Å². The summed E-state index contributed by atoms with van der Waals surface area (Å²) in [5, 5.41) is 9.00. The first-order valence-corrected chi connectivity index (χ1v) is 3.42. The second-order valence-electron chi connectivity index (χ2n) is 2.71. The standard InChI is InChI=1S/C7H12O2/c1-5(8)6-3-2-4-7(6)9/h5-6,8H,2-4H2,1H3/t5-,6-/m0/s1. The minimum Gasteiger partial charge on any atom is -0.393 e. The fourth-order valence-electron chi connectivity index (χ4n) is 1.35. The van der Waals surface area contributed by atoms with Crippen molar-refractivity contribution in [3.05, 3.63) is 0 Å². The van der Waals surface area contributed by atoms with Crippen LogP contribution in [0.5, 0.6) is 0 Å². The van der Waals surface area contributed by atoms with Gasteiger partial charge in [-0.25, -0.2) is 0 Å². The molecular weight excluding hydrogens is 116 g/mol. The van der Waals surface area contributed by atoms with E-state index in [9.17, 15) is 4.79 Å². The highest BCUT2D eigenvalue weighted by molar-refractivity contribution is 5.83. The summed E-state index contributed by atoms with van der Waals surface area (Å²) in [5.74, 6) is 0.190. The zero-order valence-electron chi connectivity index (χ0n) is 5.63. The number of hydrogen-bond donors (Lipinski definition) is 1. The smallest absolute Gasteiger partial charge is 0.138 e. The van der Waals surface area contributed by atoms with Crippen molar-refractivity contribution in [1.82, 2.24) is 0 Å². The molecule has 1 aliphatic rings. The van der Waals surface area contributed by atoms with Crippen molar-refractivity contribution >= 4 is 5.78 Å². The zero-order valence-corrected chi connectivity index (χ0v) is 5.63. The third-order valence-electron chi connectivity index (χ3n) is 1.93. The van der Waals surface area contributed by atoms with Gasteiger partial charge >= 0.3 is 0 Å². The van der Waals surface area contributed by atoms with Crippen molar-refractivity contribution in [1.29, 1.82) is 0 Å². The van der Waals surface area contributed by atoms with Crippen LogP contribution in [0.15, 0.2) is 0 Å². The van der Waals surface area contributed by atoms with Gasteiger partial charge in [-0.2, -0.15) is 0 Å². The number of aliphatic hydroxyl groups is 1. The number of aliphatic hydroxyl groups excluding tert-OH is 1. The normalized spacial score (nSPS) is 30.9. The summed E-state index contributed by atoms with van der Waals surface area (Å²) in [7, 11) is 0. The van der Waals surface area contributed by atoms with Crippen LogP contribution in [0, 0.1) is 5.92 Å². The van der Waals surface area contributed by atoms with Crippen molar-refractivity contribution in [3.63, 3.8) is 0 Å². The lowest BCUT2D eigenvalue weighted by molar-refractivity contribution is -0.123. The molecule has 0 aromatic heterocycles. The van der Waals surface area contributed by atoms with Gasteiger partial charge in [-0.05, 0) is 19.8 Å². The molecule has 0 radical (unpaired) electrons. The van der Waals surface area contributed by atoms with Crippen molar-refractivity contribution in [3.8, 4) is 0 Å². The molecule has 2 atom stereocenters. The second-order valence-corrected chi connectivity index (χ2v) is 2.71. The van der Waals surface area contributed by atoms with Gasteiger partial charge in [0.05, 0.1) is 6.10 Å². The lowest BCUT2D eigenvalue weighted by atomic mass is 10.0. The van der Waals surface area contributed by atoms with Crippen LogP contribution in [0.4, 0.5) is 0 Å². The Balaban J connectivity index is 2.49. The van der Waals surface area contributed by atoms with E-state index in [4.69, 9.17) is 5.11 Å². The molecule has 0 aromatic rings. The average Bonchev–Trinajstić information content (AvgIpc) is 2.13. The molecule has 0 spiro atoms. The molecule has 0 unspecified atom stereocenters. The molecule has 1 fully saturated rings. The van der Waals surface area contributed by atoms with Crippen molar-refractivity contribution in [2.24, 2.45) is 5.92 Å². The minimum atomic E-state index is -0.431. The molecule has 0 heterocycles. The van der Waals surface area contributed by atoms with E-state index in [1.54, 1.807) is 6.92 Å². The van der Waals surface area contributed by atoms with Crippen molar-refractivity contribution in [2.75, 3.05) is 0 Å². The minimum absolute atomic E-state index is 0.0509. The molecule has 52 valence electrons. The molecule has 2 nitrogen and oxygen atoms in total. The quantitative estimate of drug-likeness (QED) is 0.565. The van der Waals surface area contributed by atoms with E-state index in [2.05, 4.69) is 0 Å². The van der Waals surface area contributed by atoms with Gasteiger partial charge < -0.3 is 5.11 Å². The Morgan fingerprint density at radius 1 is 1.78 bits per heavy atom. The first-order valence-electron chi connectivity index (χ1n) is 3.42. The Morgan fingerprint density at radius 3 is 2.67 bits per heavy atom. The summed E-state index contributed by atoms with van der Waals surface area (Å²) < 4.78 is 0. The Hall–Kier alpha value is -0.370. The SMILES string of the molecule is C[C@H](O)[C@@H]1CCCC1=O. The first kappa shape index (κ1) is 6.75. The summed E-state index contributed by atoms with van der Waals surface area (Å²) >= 11 is 0. The molecule has 1 saturated carbocycles. The molecule has 0 aromatic carbocycles. The maximum atomic E-state index is 10.9.